The molecule has 0 aromatic heterocycles. The quantitative estimate of drug-likeness (QED) is 0.784. The van der Waals surface area contributed by atoms with Gasteiger partial charge in [0.2, 0.25) is 0 Å². The van der Waals surface area contributed by atoms with Gasteiger partial charge < -0.3 is 15.5 Å². The lowest BCUT2D eigenvalue weighted by atomic mass is 10.1. The predicted octanol–water partition coefficient (Wildman–Crippen LogP) is 1.38. The first-order valence-corrected chi connectivity index (χ1v) is 6.30. The molecular weight excluding hydrogens is 270 g/mol. The number of fused-ring (bicyclic) bond motifs is 1. The van der Waals surface area contributed by atoms with Crippen LogP contribution in [0.3, 0.4) is 0 Å². The summed E-state index contributed by atoms with van der Waals surface area (Å²) < 4.78 is 1.11. The van der Waals surface area contributed by atoms with Gasteiger partial charge in [0.25, 0.3) is 0 Å². The minimum atomic E-state index is -0.667. The molecule has 0 aliphatic heterocycles. The second-order valence-electron chi connectivity index (χ2n) is 4.18. The van der Waals surface area contributed by atoms with Crippen LogP contribution in [-0.2, 0) is 6.42 Å². The van der Waals surface area contributed by atoms with E-state index in [2.05, 4.69) is 33.4 Å². The average molecular weight is 286 g/mol. The van der Waals surface area contributed by atoms with Crippen molar-refractivity contribution in [1.29, 1.82) is 0 Å². The van der Waals surface area contributed by atoms with Crippen molar-refractivity contribution in [3.63, 3.8) is 0 Å². The molecule has 1 aliphatic rings. The van der Waals surface area contributed by atoms with Crippen LogP contribution in [-0.4, -0.2) is 29.5 Å². The Morgan fingerprint density at radius 3 is 3.06 bits per heavy atom. The lowest BCUT2D eigenvalue weighted by Crippen LogP contribution is -2.31. The first-order valence-electron chi connectivity index (χ1n) is 5.51. The number of hydrogen-bond acceptors (Lipinski definition) is 3. The van der Waals surface area contributed by atoms with Gasteiger partial charge in [-0.2, -0.15) is 0 Å². The van der Waals surface area contributed by atoms with Gasteiger partial charge >= 0.3 is 0 Å². The highest BCUT2D eigenvalue weighted by Crippen LogP contribution is 2.32. The van der Waals surface area contributed by atoms with Gasteiger partial charge in [0.05, 0.1) is 12.7 Å². The highest BCUT2D eigenvalue weighted by Gasteiger charge is 2.22. The molecule has 0 heterocycles. The van der Waals surface area contributed by atoms with E-state index in [4.69, 9.17) is 5.11 Å². The number of rotatable bonds is 4. The standard InChI is InChI=1S/C12H16BrNO2/c13-9-2-3-11-8(5-9)1-4-12(11)14-6-10(16)7-15/h2-3,5,10,12,14-16H,1,4,6-7H2. The number of aliphatic hydroxyl groups is 2. The van der Waals surface area contributed by atoms with E-state index < -0.39 is 6.10 Å². The van der Waals surface area contributed by atoms with Crippen molar-refractivity contribution in [3.05, 3.63) is 33.8 Å². The van der Waals surface area contributed by atoms with Crippen LogP contribution in [0.1, 0.15) is 23.6 Å². The largest absolute Gasteiger partial charge is 0.394 e. The number of aryl methyl sites for hydroxylation is 1. The Hall–Kier alpha value is -0.420. The normalized spacial score (nSPS) is 20.8. The smallest absolute Gasteiger partial charge is 0.0895 e. The molecule has 1 aliphatic carbocycles. The Kier molecular flexibility index (Phi) is 3.97. The Labute approximate surface area is 104 Å². The molecule has 88 valence electrons. The first-order chi connectivity index (χ1) is 7.70. The molecule has 0 fully saturated rings. The zero-order valence-corrected chi connectivity index (χ0v) is 10.6. The van der Waals surface area contributed by atoms with Crippen LogP contribution in [0.4, 0.5) is 0 Å². The van der Waals surface area contributed by atoms with E-state index in [0.29, 0.717) is 12.6 Å². The van der Waals surface area contributed by atoms with Gasteiger partial charge in [-0.25, -0.2) is 0 Å². The number of halogens is 1. The van der Waals surface area contributed by atoms with Crippen molar-refractivity contribution in [3.8, 4) is 0 Å². The van der Waals surface area contributed by atoms with E-state index in [0.717, 1.165) is 17.3 Å². The molecule has 0 amide bonds. The minimum Gasteiger partial charge on any atom is -0.394 e. The molecule has 2 unspecified atom stereocenters. The van der Waals surface area contributed by atoms with E-state index in [1.54, 1.807) is 0 Å². The zero-order valence-electron chi connectivity index (χ0n) is 8.99. The average Bonchev–Trinajstić information content (AvgIpc) is 2.68. The van der Waals surface area contributed by atoms with E-state index in [9.17, 15) is 5.11 Å². The number of nitrogens with one attached hydrogen (secondary N) is 1. The van der Waals surface area contributed by atoms with Crippen molar-refractivity contribution in [1.82, 2.24) is 5.32 Å². The molecule has 0 bridgehead atoms. The number of hydrogen-bond donors (Lipinski definition) is 3. The number of aliphatic hydroxyl groups excluding tert-OH is 2. The van der Waals surface area contributed by atoms with E-state index in [-0.39, 0.29) is 6.61 Å². The van der Waals surface area contributed by atoms with Crippen LogP contribution in [0.5, 0.6) is 0 Å². The van der Waals surface area contributed by atoms with Crippen LogP contribution in [0, 0.1) is 0 Å². The Balaban J connectivity index is 2.01. The summed E-state index contributed by atoms with van der Waals surface area (Å²) in [4.78, 5) is 0. The number of benzene rings is 1. The molecule has 16 heavy (non-hydrogen) atoms. The van der Waals surface area contributed by atoms with Crippen molar-refractivity contribution in [2.24, 2.45) is 0 Å². The summed E-state index contributed by atoms with van der Waals surface area (Å²) in [5, 5.41) is 21.3. The molecule has 3 nitrogen and oxygen atoms in total. The molecule has 1 aromatic rings. The first kappa shape index (κ1) is 12.0. The predicted molar refractivity (Wildman–Crippen MR) is 66.3 cm³/mol. The van der Waals surface area contributed by atoms with Crippen molar-refractivity contribution in [2.75, 3.05) is 13.2 Å². The van der Waals surface area contributed by atoms with Crippen LogP contribution in [0.25, 0.3) is 0 Å². The second-order valence-corrected chi connectivity index (χ2v) is 5.09. The molecule has 2 rings (SSSR count). The highest BCUT2D eigenvalue weighted by atomic mass is 79.9. The maximum Gasteiger partial charge on any atom is 0.0895 e. The Bertz CT molecular complexity index is 370. The van der Waals surface area contributed by atoms with Gasteiger partial charge in [0.1, 0.15) is 0 Å². The molecule has 0 saturated heterocycles. The van der Waals surface area contributed by atoms with Gasteiger partial charge in [0.15, 0.2) is 0 Å². The Morgan fingerprint density at radius 1 is 1.50 bits per heavy atom. The summed E-state index contributed by atoms with van der Waals surface area (Å²) in [7, 11) is 0. The highest BCUT2D eigenvalue weighted by molar-refractivity contribution is 9.10. The van der Waals surface area contributed by atoms with Gasteiger partial charge in [-0.1, -0.05) is 22.0 Å². The molecule has 4 heteroatoms. The molecular formula is C12H16BrNO2. The summed E-state index contributed by atoms with van der Waals surface area (Å²) in [5.74, 6) is 0. The van der Waals surface area contributed by atoms with E-state index in [1.165, 1.54) is 11.1 Å². The second kappa shape index (κ2) is 5.27. The fourth-order valence-electron chi connectivity index (χ4n) is 2.14. The van der Waals surface area contributed by atoms with E-state index in [1.807, 2.05) is 6.07 Å². The summed E-state index contributed by atoms with van der Waals surface area (Å²) in [5.41, 5.74) is 2.68. The lowest BCUT2D eigenvalue weighted by molar-refractivity contribution is 0.0919. The van der Waals surface area contributed by atoms with Crippen LogP contribution < -0.4 is 5.32 Å². The molecule has 3 N–H and O–H groups in total. The van der Waals surface area contributed by atoms with Crippen LogP contribution in [0.15, 0.2) is 22.7 Å². The monoisotopic (exact) mass is 285 g/mol. The van der Waals surface area contributed by atoms with Crippen molar-refractivity contribution in [2.45, 2.75) is 25.0 Å². The topological polar surface area (TPSA) is 52.5 Å². The summed E-state index contributed by atoms with van der Waals surface area (Å²) in [6, 6.07) is 6.63. The van der Waals surface area contributed by atoms with Gasteiger partial charge in [-0.3, -0.25) is 0 Å². The summed E-state index contributed by atoms with van der Waals surface area (Å²) >= 11 is 3.46. The summed E-state index contributed by atoms with van der Waals surface area (Å²) in [6.07, 6.45) is 1.46. The van der Waals surface area contributed by atoms with Crippen molar-refractivity contribution < 1.29 is 10.2 Å². The lowest BCUT2D eigenvalue weighted by Gasteiger charge is -2.16. The fraction of sp³-hybridized carbons (Fsp3) is 0.500. The molecule has 2 atom stereocenters. The molecule has 0 radical (unpaired) electrons. The van der Waals surface area contributed by atoms with Gasteiger partial charge in [0, 0.05) is 17.1 Å². The SMILES string of the molecule is OCC(O)CNC1CCc2cc(Br)ccc21. The molecule has 0 spiro atoms. The van der Waals surface area contributed by atoms with Gasteiger partial charge in [-0.15, -0.1) is 0 Å². The summed E-state index contributed by atoms with van der Waals surface area (Å²) in [6.45, 7) is 0.254. The van der Waals surface area contributed by atoms with Gasteiger partial charge in [-0.05, 0) is 36.1 Å². The maximum atomic E-state index is 9.29. The van der Waals surface area contributed by atoms with Crippen LogP contribution >= 0.6 is 15.9 Å². The zero-order chi connectivity index (χ0) is 11.5. The van der Waals surface area contributed by atoms with Crippen molar-refractivity contribution >= 4 is 15.9 Å². The Morgan fingerprint density at radius 2 is 2.31 bits per heavy atom. The third kappa shape index (κ3) is 2.63. The molecule has 0 saturated carbocycles. The third-order valence-corrected chi connectivity index (χ3v) is 3.49. The van der Waals surface area contributed by atoms with Crippen LogP contribution in [0.2, 0.25) is 0 Å². The molecule has 1 aromatic carbocycles. The fourth-order valence-corrected chi connectivity index (χ4v) is 2.55. The third-order valence-electron chi connectivity index (χ3n) is 2.99. The maximum absolute atomic E-state index is 9.29. The van der Waals surface area contributed by atoms with E-state index >= 15 is 0 Å². The minimum absolute atomic E-state index is 0.188.